The molecule has 0 atom stereocenters. The van der Waals surface area contributed by atoms with Gasteiger partial charge in [-0.3, -0.25) is 0 Å². The number of benzene rings is 1. The van der Waals surface area contributed by atoms with Crippen LogP contribution in [0.5, 0.6) is 0 Å². The molecule has 2 N–H and O–H groups in total. The smallest absolute Gasteiger partial charge is 0.326 e. The van der Waals surface area contributed by atoms with Crippen LogP contribution in [0.4, 0.5) is 17.6 Å². The van der Waals surface area contributed by atoms with Crippen molar-refractivity contribution in [3.05, 3.63) is 32.6 Å². The van der Waals surface area contributed by atoms with E-state index in [-0.39, 0.29) is 15.7 Å². The Bertz CT molecular complexity index is 348. The molecule has 78 valence electrons. The van der Waals surface area contributed by atoms with Gasteiger partial charge in [-0.15, -0.1) is 0 Å². The summed E-state index contributed by atoms with van der Waals surface area (Å²) < 4.78 is 50.0. The van der Waals surface area contributed by atoms with E-state index in [4.69, 9.17) is 5.73 Å². The molecule has 1 aromatic rings. The van der Waals surface area contributed by atoms with Crippen LogP contribution in [0.1, 0.15) is 11.1 Å². The molecule has 0 saturated carbocycles. The highest BCUT2D eigenvalue weighted by Gasteiger charge is 2.33. The SMILES string of the molecule is NCc1cc(I)c(F)cc1C(F)(F)F. The normalized spacial score (nSPS) is 11.9. The molecule has 1 aromatic carbocycles. The van der Waals surface area contributed by atoms with E-state index in [1.165, 1.54) is 0 Å². The third-order valence-corrected chi connectivity index (χ3v) is 2.50. The van der Waals surface area contributed by atoms with Crippen LogP contribution in [0, 0.1) is 9.39 Å². The van der Waals surface area contributed by atoms with Crippen LogP contribution in [0.2, 0.25) is 0 Å². The lowest BCUT2D eigenvalue weighted by Crippen LogP contribution is -2.13. The van der Waals surface area contributed by atoms with E-state index in [0.29, 0.717) is 6.07 Å². The van der Waals surface area contributed by atoms with E-state index in [1.807, 2.05) is 0 Å². The Morgan fingerprint density at radius 3 is 2.29 bits per heavy atom. The van der Waals surface area contributed by atoms with Gasteiger partial charge in [0.15, 0.2) is 0 Å². The lowest BCUT2D eigenvalue weighted by atomic mass is 10.1. The minimum atomic E-state index is -4.56. The van der Waals surface area contributed by atoms with Crippen LogP contribution >= 0.6 is 22.6 Å². The van der Waals surface area contributed by atoms with Crippen LogP contribution in [0.15, 0.2) is 12.1 Å². The fourth-order valence-corrected chi connectivity index (χ4v) is 1.55. The Kier molecular flexibility index (Phi) is 3.36. The average Bonchev–Trinajstić information content (AvgIpc) is 2.07. The van der Waals surface area contributed by atoms with Gasteiger partial charge in [-0.1, -0.05) is 0 Å². The van der Waals surface area contributed by atoms with Crippen LogP contribution < -0.4 is 5.73 Å². The minimum absolute atomic E-state index is 0.0942. The molecule has 6 heteroatoms. The van der Waals surface area contributed by atoms with E-state index in [0.717, 1.165) is 6.07 Å². The van der Waals surface area contributed by atoms with Gasteiger partial charge in [0.1, 0.15) is 5.82 Å². The van der Waals surface area contributed by atoms with Gasteiger partial charge in [0.25, 0.3) is 0 Å². The topological polar surface area (TPSA) is 26.0 Å². The fraction of sp³-hybridized carbons (Fsp3) is 0.250. The van der Waals surface area contributed by atoms with Crippen LogP contribution in [-0.4, -0.2) is 0 Å². The summed E-state index contributed by atoms with van der Waals surface area (Å²) in [5.41, 5.74) is 4.04. The van der Waals surface area contributed by atoms with E-state index in [2.05, 4.69) is 0 Å². The molecule has 0 amide bonds. The van der Waals surface area contributed by atoms with E-state index in [9.17, 15) is 17.6 Å². The highest BCUT2D eigenvalue weighted by atomic mass is 127. The maximum Gasteiger partial charge on any atom is 0.416 e. The minimum Gasteiger partial charge on any atom is -0.326 e. The Morgan fingerprint density at radius 2 is 1.86 bits per heavy atom. The highest BCUT2D eigenvalue weighted by Crippen LogP contribution is 2.33. The summed E-state index contributed by atoms with van der Waals surface area (Å²) in [7, 11) is 0. The molecule has 0 bridgehead atoms. The summed E-state index contributed by atoms with van der Waals surface area (Å²) in [5.74, 6) is -0.880. The highest BCUT2D eigenvalue weighted by molar-refractivity contribution is 14.1. The predicted octanol–water partition coefficient (Wildman–Crippen LogP) is 2.91. The molecule has 0 aliphatic rings. The second-order valence-corrected chi connectivity index (χ2v) is 3.79. The Morgan fingerprint density at radius 1 is 1.29 bits per heavy atom. The van der Waals surface area contributed by atoms with Crippen molar-refractivity contribution < 1.29 is 17.6 Å². The van der Waals surface area contributed by atoms with Gasteiger partial charge in [0, 0.05) is 10.1 Å². The Labute approximate surface area is 91.4 Å². The number of hydrogen-bond donors (Lipinski definition) is 1. The summed E-state index contributed by atoms with van der Waals surface area (Å²) in [6, 6.07) is 1.59. The summed E-state index contributed by atoms with van der Waals surface area (Å²) in [5, 5.41) is 0. The van der Waals surface area contributed by atoms with Gasteiger partial charge < -0.3 is 5.73 Å². The van der Waals surface area contributed by atoms with Crippen molar-refractivity contribution in [2.45, 2.75) is 12.7 Å². The van der Waals surface area contributed by atoms with Gasteiger partial charge in [-0.25, -0.2) is 4.39 Å². The summed E-state index contributed by atoms with van der Waals surface area (Å²) in [6.45, 7) is -0.259. The maximum absolute atomic E-state index is 12.9. The second kappa shape index (κ2) is 4.01. The van der Waals surface area contributed by atoms with Crippen molar-refractivity contribution in [1.29, 1.82) is 0 Å². The first-order valence-electron chi connectivity index (χ1n) is 3.61. The zero-order chi connectivity index (χ0) is 10.9. The molecule has 1 rings (SSSR count). The van der Waals surface area contributed by atoms with Gasteiger partial charge in [-0.2, -0.15) is 13.2 Å². The van der Waals surface area contributed by atoms with Crippen LogP contribution in [-0.2, 0) is 12.7 Å². The molecule has 0 spiro atoms. The van der Waals surface area contributed by atoms with Gasteiger partial charge in [0.2, 0.25) is 0 Å². The molecule has 0 heterocycles. The molecule has 0 unspecified atom stereocenters. The Hall–Kier alpha value is -0.370. The van der Waals surface area contributed by atoms with Crippen molar-refractivity contribution in [2.75, 3.05) is 0 Å². The van der Waals surface area contributed by atoms with Crippen molar-refractivity contribution >= 4 is 22.6 Å². The quantitative estimate of drug-likeness (QED) is 0.625. The van der Waals surface area contributed by atoms with Gasteiger partial charge >= 0.3 is 6.18 Å². The summed E-state index contributed by atoms with van der Waals surface area (Å²) in [6.07, 6.45) is -4.56. The molecule has 0 aliphatic carbocycles. The molecule has 14 heavy (non-hydrogen) atoms. The largest absolute Gasteiger partial charge is 0.416 e. The molecular formula is C8H6F4IN. The third kappa shape index (κ3) is 2.35. The Balaban J connectivity index is 3.35. The fourth-order valence-electron chi connectivity index (χ4n) is 1.02. The second-order valence-electron chi connectivity index (χ2n) is 2.63. The number of hydrogen-bond acceptors (Lipinski definition) is 1. The summed E-state index contributed by atoms with van der Waals surface area (Å²) in [4.78, 5) is 0. The number of halogens is 5. The monoisotopic (exact) mass is 319 g/mol. The van der Waals surface area contributed by atoms with E-state index < -0.39 is 17.6 Å². The van der Waals surface area contributed by atoms with Crippen LogP contribution in [0.3, 0.4) is 0 Å². The lowest BCUT2D eigenvalue weighted by molar-refractivity contribution is -0.138. The van der Waals surface area contributed by atoms with Crippen molar-refractivity contribution in [3.63, 3.8) is 0 Å². The first kappa shape index (κ1) is 11.7. The maximum atomic E-state index is 12.9. The molecule has 0 aromatic heterocycles. The third-order valence-electron chi connectivity index (χ3n) is 1.67. The molecule has 1 nitrogen and oxygen atoms in total. The number of nitrogens with two attached hydrogens (primary N) is 1. The molecular weight excluding hydrogens is 313 g/mol. The summed E-state index contributed by atoms with van der Waals surface area (Å²) >= 11 is 1.62. The number of alkyl halides is 3. The zero-order valence-corrected chi connectivity index (χ0v) is 8.99. The van der Waals surface area contributed by atoms with Crippen LogP contribution in [0.25, 0.3) is 0 Å². The van der Waals surface area contributed by atoms with E-state index >= 15 is 0 Å². The zero-order valence-electron chi connectivity index (χ0n) is 6.83. The molecule has 0 radical (unpaired) electrons. The molecule has 0 saturated heterocycles. The number of rotatable bonds is 1. The van der Waals surface area contributed by atoms with Crippen molar-refractivity contribution in [2.24, 2.45) is 5.73 Å². The first-order valence-corrected chi connectivity index (χ1v) is 4.69. The average molecular weight is 319 g/mol. The first-order chi connectivity index (χ1) is 6.36. The van der Waals surface area contributed by atoms with Gasteiger partial charge in [-0.05, 0) is 40.3 Å². The molecule has 0 aliphatic heterocycles. The molecule has 0 fully saturated rings. The van der Waals surface area contributed by atoms with Crippen molar-refractivity contribution in [3.8, 4) is 0 Å². The van der Waals surface area contributed by atoms with Gasteiger partial charge in [0.05, 0.1) is 5.56 Å². The standard InChI is InChI=1S/C8H6F4IN/c9-6-2-5(8(10,11)12)4(3-14)1-7(6)13/h1-2H,3,14H2. The van der Waals surface area contributed by atoms with Crippen molar-refractivity contribution in [1.82, 2.24) is 0 Å². The lowest BCUT2D eigenvalue weighted by Gasteiger charge is -2.12. The van der Waals surface area contributed by atoms with E-state index in [1.54, 1.807) is 22.6 Å². The predicted molar refractivity (Wildman–Crippen MR) is 52.0 cm³/mol.